The monoisotopic (exact) mass is 392 g/mol. The Bertz CT molecular complexity index is 471. The van der Waals surface area contributed by atoms with Crippen molar-refractivity contribution in [3.05, 3.63) is 0 Å². The molecule has 0 unspecified atom stereocenters. The molecule has 164 valence electrons. The zero-order valence-corrected chi connectivity index (χ0v) is 20.0. The van der Waals surface area contributed by atoms with E-state index in [-0.39, 0.29) is 0 Å². The van der Waals surface area contributed by atoms with Crippen molar-refractivity contribution in [2.45, 2.75) is 111 Å². The predicted octanol–water partition coefficient (Wildman–Crippen LogP) is 5.77. The van der Waals surface area contributed by atoms with Crippen molar-refractivity contribution in [1.82, 2.24) is 9.80 Å². The summed E-state index contributed by atoms with van der Waals surface area (Å²) >= 11 is 0. The van der Waals surface area contributed by atoms with E-state index in [1.54, 1.807) is 6.92 Å². The lowest BCUT2D eigenvalue weighted by molar-refractivity contribution is -0.124. The van der Waals surface area contributed by atoms with Gasteiger partial charge in [0.25, 0.3) is 0 Å². The number of Topliss-reactive ketones (excluding diaryl/α,β-unsaturated/α-hetero) is 1. The van der Waals surface area contributed by atoms with Gasteiger partial charge in [0.2, 0.25) is 0 Å². The molecule has 0 aromatic carbocycles. The van der Waals surface area contributed by atoms with Gasteiger partial charge >= 0.3 is 0 Å². The van der Waals surface area contributed by atoms with Crippen LogP contribution in [-0.2, 0) is 4.79 Å². The van der Waals surface area contributed by atoms with E-state index >= 15 is 0 Å². The standard InChI is InChI=1S/C23H42N2O.C2H6/c1-18(26)19-6-10-23(11-7-19)16-21(17-23)25-13-8-20(9-14-25)24(5)15-12-22(2,3)4;1-2/h19-21H,6-17H2,1-5H3;1-2H3. The molecule has 28 heavy (non-hydrogen) atoms. The van der Waals surface area contributed by atoms with Gasteiger partial charge in [-0.15, -0.1) is 0 Å². The Morgan fingerprint density at radius 3 is 2.04 bits per heavy atom. The van der Waals surface area contributed by atoms with E-state index < -0.39 is 0 Å². The van der Waals surface area contributed by atoms with Gasteiger partial charge in [-0.3, -0.25) is 4.79 Å². The summed E-state index contributed by atoms with van der Waals surface area (Å²) in [6.07, 6.45) is 11.7. The highest BCUT2D eigenvalue weighted by Gasteiger charge is 2.48. The molecule has 0 aromatic rings. The van der Waals surface area contributed by atoms with Crippen LogP contribution in [0.1, 0.15) is 99.3 Å². The van der Waals surface area contributed by atoms with Gasteiger partial charge in [-0.1, -0.05) is 34.6 Å². The smallest absolute Gasteiger partial charge is 0.132 e. The third kappa shape index (κ3) is 6.29. The number of hydrogen-bond acceptors (Lipinski definition) is 3. The second-order valence-electron chi connectivity index (χ2n) is 11.0. The summed E-state index contributed by atoms with van der Waals surface area (Å²) in [7, 11) is 2.33. The second-order valence-corrected chi connectivity index (χ2v) is 11.0. The topological polar surface area (TPSA) is 23.6 Å². The van der Waals surface area contributed by atoms with Crippen molar-refractivity contribution in [2.75, 3.05) is 26.7 Å². The maximum absolute atomic E-state index is 11.6. The average Bonchev–Trinajstić information content (AvgIpc) is 2.65. The SMILES string of the molecule is CC.CC(=O)C1CCC2(CC1)CC(N1CCC(N(C)CCC(C)(C)C)CC1)C2. The fraction of sp³-hybridized carbons (Fsp3) is 0.960. The molecule has 0 radical (unpaired) electrons. The predicted molar refractivity (Wildman–Crippen MR) is 121 cm³/mol. The Morgan fingerprint density at radius 2 is 1.57 bits per heavy atom. The van der Waals surface area contributed by atoms with Crippen LogP contribution in [0.15, 0.2) is 0 Å². The lowest BCUT2D eigenvalue weighted by atomic mass is 9.56. The highest BCUT2D eigenvalue weighted by molar-refractivity contribution is 5.78. The average molecular weight is 393 g/mol. The largest absolute Gasteiger partial charge is 0.303 e. The molecule has 0 N–H and O–H groups in total. The molecule has 1 heterocycles. The first-order valence-electron chi connectivity index (χ1n) is 12.1. The molecule has 3 rings (SSSR count). The number of rotatable bonds is 5. The number of ketones is 1. The maximum Gasteiger partial charge on any atom is 0.132 e. The first-order valence-corrected chi connectivity index (χ1v) is 12.1. The summed E-state index contributed by atoms with van der Waals surface area (Å²) in [5.74, 6) is 0.799. The van der Waals surface area contributed by atoms with Crippen LogP contribution in [0.4, 0.5) is 0 Å². The van der Waals surface area contributed by atoms with Gasteiger partial charge in [-0.2, -0.15) is 0 Å². The van der Waals surface area contributed by atoms with Crippen LogP contribution in [0.2, 0.25) is 0 Å². The van der Waals surface area contributed by atoms with Gasteiger partial charge in [-0.05, 0) is 102 Å². The molecule has 3 fully saturated rings. The number of nitrogens with zero attached hydrogens (tertiary/aromatic N) is 2. The van der Waals surface area contributed by atoms with E-state index in [1.807, 2.05) is 13.8 Å². The zero-order chi connectivity index (χ0) is 20.9. The van der Waals surface area contributed by atoms with E-state index in [2.05, 4.69) is 37.6 Å². The van der Waals surface area contributed by atoms with E-state index in [0.29, 0.717) is 22.5 Å². The lowest BCUT2D eigenvalue weighted by Crippen LogP contribution is -2.55. The molecule has 0 aromatic heterocycles. The van der Waals surface area contributed by atoms with Crippen molar-refractivity contribution < 1.29 is 4.79 Å². The number of carbonyl (C=O) groups is 1. The van der Waals surface area contributed by atoms with Crippen molar-refractivity contribution in [2.24, 2.45) is 16.7 Å². The Labute approximate surface area is 175 Å². The Morgan fingerprint density at radius 1 is 1.04 bits per heavy atom. The Kier molecular flexibility index (Phi) is 8.58. The Balaban J connectivity index is 0.00000136. The van der Waals surface area contributed by atoms with Crippen molar-refractivity contribution in [1.29, 1.82) is 0 Å². The molecule has 2 saturated carbocycles. The summed E-state index contributed by atoms with van der Waals surface area (Å²) in [6, 6.07) is 1.62. The lowest BCUT2D eigenvalue weighted by Gasteiger charge is -2.56. The fourth-order valence-electron chi connectivity index (χ4n) is 5.63. The summed E-state index contributed by atoms with van der Waals surface area (Å²) in [5.41, 5.74) is 1.05. The molecule has 0 bridgehead atoms. The first kappa shape index (κ1) is 23.9. The summed E-state index contributed by atoms with van der Waals surface area (Å²) < 4.78 is 0. The van der Waals surface area contributed by atoms with Gasteiger partial charge < -0.3 is 9.80 Å². The summed E-state index contributed by atoms with van der Waals surface area (Å²) in [6.45, 7) is 16.6. The van der Waals surface area contributed by atoms with Crippen LogP contribution in [0.5, 0.6) is 0 Å². The van der Waals surface area contributed by atoms with Crippen molar-refractivity contribution in [3.8, 4) is 0 Å². The van der Waals surface area contributed by atoms with E-state index in [9.17, 15) is 4.79 Å². The van der Waals surface area contributed by atoms with Gasteiger partial charge in [-0.25, -0.2) is 0 Å². The van der Waals surface area contributed by atoms with Crippen LogP contribution in [0, 0.1) is 16.7 Å². The minimum atomic E-state index is 0.374. The molecule has 3 aliphatic rings. The van der Waals surface area contributed by atoms with Crippen molar-refractivity contribution >= 4 is 5.78 Å². The minimum Gasteiger partial charge on any atom is -0.303 e. The summed E-state index contributed by atoms with van der Waals surface area (Å²) in [4.78, 5) is 17.0. The van der Waals surface area contributed by atoms with Gasteiger partial charge in [0.1, 0.15) is 5.78 Å². The van der Waals surface area contributed by atoms with E-state index in [0.717, 1.165) is 24.9 Å². The minimum absolute atomic E-state index is 0.374. The molecule has 3 heteroatoms. The van der Waals surface area contributed by atoms with Crippen LogP contribution in [0.25, 0.3) is 0 Å². The molecule has 3 nitrogen and oxygen atoms in total. The maximum atomic E-state index is 11.6. The number of hydrogen-bond donors (Lipinski definition) is 0. The molecular weight excluding hydrogens is 344 g/mol. The third-order valence-corrected chi connectivity index (χ3v) is 7.81. The highest BCUT2D eigenvalue weighted by atomic mass is 16.1. The van der Waals surface area contributed by atoms with E-state index in [1.165, 1.54) is 64.6 Å². The van der Waals surface area contributed by atoms with E-state index in [4.69, 9.17) is 0 Å². The number of piperidine rings is 1. The van der Waals surface area contributed by atoms with Crippen LogP contribution >= 0.6 is 0 Å². The quantitative estimate of drug-likeness (QED) is 0.593. The molecule has 0 atom stereocenters. The molecule has 2 aliphatic carbocycles. The molecule has 1 aliphatic heterocycles. The first-order chi connectivity index (χ1) is 13.2. The normalized spacial score (nSPS) is 32.0. The molecule has 0 amide bonds. The second kappa shape index (κ2) is 10.1. The van der Waals surface area contributed by atoms with Gasteiger partial charge in [0.05, 0.1) is 0 Å². The summed E-state index contributed by atoms with van der Waals surface area (Å²) in [5, 5.41) is 0. The zero-order valence-electron chi connectivity index (χ0n) is 20.0. The number of likely N-dealkylation sites (tertiary alicyclic amines) is 1. The van der Waals surface area contributed by atoms with Gasteiger partial charge in [0.15, 0.2) is 0 Å². The molecule has 1 saturated heterocycles. The number of carbonyl (C=O) groups excluding carboxylic acids is 1. The van der Waals surface area contributed by atoms with Crippen LogP contribution in [0.3, 0.4) is 0 Å². The van der Waals surface area contributed by atoms with Crippen LogP contribution in [-0.4, -0.2) is 54.3 Å². The van der Waals surface area contributed by atoms with Crippen LogP contribution < -0.4 is 0 Å². The van der Waals surface area contributed by atoms with Crippen molar-refractivity contribution in [3.63, 3.8) is 0 Å². The molecular formula is C25H48N2O. The van der Waals surface area contributed by atoms with Gasteiger partial charge in [0, 0.05) is 18.0 Å². The third-order valence-electron chi connectivity index (χ3n) is 7.81. The highest BCUT2D eigenvalue weighted by Crippen LogP contribution is 2.54. The Hall–Kier alpha value is -0.410. The molecule has 1 spiro atoms. The fourth-order valence-corrected chi connectivity index (χ4v) is 5.63.